The molecule has 0 radical (unpaired) electrons. The number of hydrogen-bond donors (Lipinski definition) is 1. The smallest absolute Gasteiger partial charge is 0.125 e. The Kier molecular flexibility index (Phi) is 2.91. The Balaban J connectivity index is 2.06. The number of nitrogens with zero attached hydrogens (tertiary/aromatic N) is 2. The van der Waals surface area contributed by atoms with Crippen molar-refractivity contribution in [1.82, 2.24) is 14.9 Å². The number of rotatable bonds is 5. The van der Waals surface area contributed by atoms with Gasteiger partial charge < -0.3 is 9.88 Å². The number of imidazole rings is 1. The molecular weight excluding hydrogens is 186 g/mol. The molecule has 3 heteroatoms. The highest BCUT2D eigenvalue weighted by molar-refractivity contribution is 5.06. The Labute approximate surface area is 91.2 Å². The lowest BCUT2D eigenvalue weighted by Crippen LogP contribution is -2.27. The third kappa shape index (κ3) is 2.48. The maximum atomic E-state index is 4.43. The van der Waals surface area contributed by atoms with E-state index in [0.29, 0.717) is 6.04 Å². The van der Waals surface area contributed by atoms with E-state index in [9.17, 15) is 0 Å². The first-order chi connectivity index (χ1) is 7.18. The van der Waals surface area contributed by atoms with E-state index in [1.807, 2.05) is 12.4 Å². The maximum absolute atomic E-state index is 4.43. The molecule has 0 saturated heterocycles. The standard InChI is InChI=1S/C12H19N3/c1-9(2)8-14-11(10-4-5-10)12-13-6-7-15(12)3/h6-7,10-11,14H,1,4-5,8H2,2-3H3/t11-/m1/s1. The number of aryl methyl sites for hydroxylation is 1. The van der Waals surface area contributed by atoms with E-state index in [4.69, 9.17) is 0 Å². The first-order valence-corrected chi connectivity index (χ1v) is 5.53. The van der Waals surface area contributed by atoms with Gasteiger partial charge in [0, 0.05) is 26.0 Å². The van der Waals surface area contributed by atoms with Gasteiger partial charge in [-0.15, -0.1) is 0 Å². The van der Waals surface area contributed by atoms with E-state index in [-0.39, 0.29) is 0 Å². The average molecular weight is 205 g/mol. The van der Waals surface area contributed by atoms with Gasteiger partial charge in [-0.2, -0.15) is 0 Å². The zero-order chi connectivity index (χ0) is 10.8. The van der Waals surface area contributed by atoms with Gasteiger partial charge in [-0.1, -0.05) is 12.2 Å². The molecule has 0 amide bonds. The summed E-state index contributed by atoms with van der Waals surface area (Å²) in [6, 6.07) is 0.404. The minimum atomic E-state index is 0.404. The fourth-order valence-electron chi connectivity index (χ4n) is 1.86. The van der Waals surface area contributed by atoms with Crippen LogP contribution in [0.5, 0.6) is 0 Å². The maximum Gasteiger partial charge on any atom is 0.125 e. The first kappa shape index (κ1) is 10.4. The Bertz CT molecular complexity index is 350. The third-order valence-corrected chi connectivity index (χ3v) is 2.85. The Morgan fingerprint density at radius 1 is 1.73 bits per heavy atom. The van der Waals surface area contributed by atoms with E-state index in [0.717, 1.165) is 18.3 Å². The molecule has 1 fully saturated rings. The quantitative estimate of drug-likeness (QED) is 0.745. The fourth-order valence-corrected chi connectivity index (χ4v) is 1.86. The molecule has 1 saturated carbocycles. The Morgan fingerprint density at radius 2 is 2.47 bits per heavy atom. The Morgan fingerprint density at radius 3 is 2.93 bits per heavy atom. The van der Waals surface area contributed by atoms with E-state index >= 15 is 0 Å². The van der Waals surface area contributed by atoms with E-state index in [1.165, 1.54) is 18.4 Å². The van der Waals surface area contributed by atoms with Crippen LogP contribution in [0, 0.1) is 5.92 Å². The number of nitrogens with one attached hydrogen (secondary N) is 1. The molecule has 3 nitrogen and oxygen atoms in total. The van der Waals surface area contributed by atoms with Crippen molar-refractivity contribution in [1.29, 1.82) is 0 Å². The van der Waals surface area contributed by atoms with Gasteiger partial charge in [-0.3, -0.25) is 0 Å². The van der Waals surface area contributed by atoms with Crippen molar-refractivity contribution in [3.8, 4) is 0 Å². The van der Waals surface area contributed by atoms with Gasteiger partial charge in [-0.25, -0.2) is 4.98 Å². The second-order valence-electron chi connectivity index (χ2n) is 4.55. The van der Waals surface area contributed by atoms with Crippen LogP contribution in [-0.2, 0) is 7.05 Å². The molecule has 15 heavy (non-hydrogen) atoms. The molecule has 0 aliphatic heterocycles. The van der Waals surface area contributed by atoms with Crippen molar-refractivity contribution in [3.63, 3.8) is 0 Å². The van der Waals surface area contributed by atoms with Crippen LogP contribution in [0.15, 0.2) is 24.5 Å². The van der Waals surface area contributed by atoms with Crippen LogP contribution in [-0.4, -0.2) is 16.1 Å². The van der Waals surface area contributed by atoms with Crippen molar-refractivity contribution in [2.24, 2.45) is 13.0 Å². The summed E-state index contributed by atoms with van der Waals surface area (Å²) in [5, 5.41) is 3.54. The normalized spacial score (nSPS) is 17.7. The molecule has 1 aromatic rings. The summed E-state index contributed by atoms with van der Waals surface area (Å²) in [5.41, 5.74) is 1.18. The van der Waals surface area contributed by atoms with Crippen molar-refractivity contribution < 1.29 is 0 Å². The molecule has 0 spiro atoms. The van der Waals surface area contributed by atoms with Gasteiger partial charge in [0.15, 0.2) is 0 Å². The summed E-state index contributed by atoms with van der Waals surface area (Å²) in [6.45, 7) is 6.85. The van der Waals surface area contributed by atoms with Crippen LogP contribution in [0.2, 0.25) is 0 Å². The van der Waals surface area contributed by atoms with Crippen molar-refractivity contribution in [3.05, 3.63) is 30.4 Å². The second-order valence-corrected chi connectivity index (χ2v) is 4.55. The molecule has 82 valence electrons. The summed E-state index contributed by atoms with van der Waals surface area (Å²) in [5.74, 6) is 1.92. The van der Waals surface area contributed by atoms with Gasteiger partial charge >= 0.3 is 0 Å². The lowest BCUT2D eigenvalue weighted by molar-refractivity contribution is 0.464. The largest absolute Gasteiger partial charge is 0.337 e. The third-order valence-electron chi connectivity index (χ3n) is 2.85. The van der Waals surface area contributed by atoms with Crippen LogP contribution in [0.1, 0.15) is 31.6 Å². The van der Waals surface area contributed by atoms with Gasteiger partial charge in [0.25, 0.3) is 0 Å². The van der Waals surface area contributed by atoms with E-state index in [2.05, 4.69) is 35.4 Å². The number of hydrogen-bond acceptors (Lipinski definition) is 2. The zero-order valence-electron chi connectivity index (χ0n) is 9.53. The molecular formula is C12H19N3. The lowest BCUT2D eigenvalue weighted by atomic mass is 10.1. The van der Waals surface area contributed by atoms with Gasteiger partial charge in [0.05, 0.1) is 6.04 Å². The highest BCUT2D eigenvalue weighted by Gasteiger charge is 2.34. The van der Waals surface area contributed by atoms with Crippen LogP contribution in [0.3, 0.4) is 0 Å². The topological polar surface area (TPSA) is 29.9 Å². The lowest BCUT2D eigenvalue weighted by Gasteiger charge is -2.18. The molecule has 0 bridgehead atoms. The summed E-state index contributed by atoms with van der Waals surface area (Å²) in [6.07, 6.45) is 6.52. The predicted octanol–water partition coefficient (Wildman–Crippen LogP) is 2.04. The van der Waals surface area contributed by atoms with E-state index < -0.39 is 0 Å². The first-order valence-electron chi connectivity index (χ1n) is 5.53. The molecule has 1 atom stereocenters. The summed E-state index contributed by atoms with van der Waals surface area (Å²) in [7, 11) is 2.06. The predicted molar refractivity (Wildman–Crippen MR) is 61.5 cm³/mol. The minimum absolute atomic E-state index is 0.404. The molecule has 0 aromatic carbocycles. The molecule has 1 aromatic heterocycles. The zero-order valence-corrected chi connectivity index (χ0v) is 9.53. The molecule has 1 N–H and O–H groups in total. The van der Waals surface area contributed by atoms with Crippen molar-refractivity contribution >= 4 is 0 Å². The molecule has 1 heterocycles. The fraction of sp³-hybridized carbons (Fsp3) is 0.583. The minimum Gasteiger partial charge on any atom is -0.337 e. The molecule has 0 unspecified atom stereocenters. The Hall–Kier alpha value is -1.09. The average Bonchev–Trinajstić information content (AvgIpc) is 2.92. The number of aromatic nitrogens is 2. The summed E-state index contributed by atoms with van der Waals surface area (Å²) in [4.78, 5) is 4.43. The van der Waals surface area contributed by atoms with Crippen LogP contribution in [0.25, 0.3) is 0 Å². The van der Waals surface area contributed by atoms with Crippen LogP contribution in [0.4, 0.5) is 0 Å². The van der Waals surface area contributed by atoms with E-state index in [1.54, 1.807) is 0 Å². The van der Waals surface area contributed by atoms with Crippen molar-refractivity contribution in [2.75, 3.05) is 6.54 Å². The highest BCUT2D eigenvalue weighted by atomic mass is 15.1. The molecule has 1 aliphatic carbocycles. The van der Waals surface area contributed by atoms with Gasteiger partial charge in [-0.05, 0) is 25.7 Å². The van der Waals surface area contributed by atoms with Gasteiger partial charge in [0.1, 0.15) is 5.82 Å². The second kappa shape index (κ2) is 4.19. The summed E-state index contributed by atoms with van der Waals surface area (Å²) < 4.78 is 2.11. The summed E-state index contributed by atoms with van der Waals surface area (Å²) >= 11 is 0. The highest BCUT2D eigenvalue weighted by Crippen LogP contribution is 2.40. The van der Waals surface area contributed by atoms with Crippen LogP contribution < -0.4 is 5.32 Å². The van der Waals surface area contributed by atoms with Crippen molar-refractivity contribution in [2.45, 2.75) is 25.8 Å². The molecule has 1 aliphatic rings. The van der Waals surface area contributed by atoms with Gasteiger partial charge in [0.2, 0.25) is 0 Å². The monoisotopic (exact) mass is 205 g/mol. The van der Waals surface area contributed by atoms with Crippen LogP contribution >= 0.6 is 0 Å². The SMILES string of the molecule is C=C(C)CN[C@@H](c1nccn1C)C1CC1. The molecule has 2 rings (SSSR count).